The molecule has 0 aliphatic heterocycles. The minimum absolute atomic E-state index is 0. The number of rotatable bonds is 8. The highest BCUT2D eigenvalue weighted by molar-refractivity contribution is 6.31. The molecule has 148 valence electrons. The second-order valence-electron chi connectivity index (χ2n) is 6.19. The molecular formula is C22H21Cl3FNO. The average Bonchev–Trinajstić information content (AvgIpc) is 2.67. The van der Waals surface area contributed by atoms with Crippen LogP contribution in [0.25, 0.3) is 0 Å². The van der Waals surface area contributed by atoms with Crippen molar-refractivity contribution in [3.63, 3.8) is 0 Å². The quantitative estimate of drug-likeness (QED) is 0.406. The lowest BCUT2D eigenvalue weighted by atomic mass is 10.1. The van der Waals surface area contributed by atoms with E-state index in [0.717, 1.165) is 35.4 Å². The third-order valence-electron chi connectivity index (χ3n) is 4.18. The molecule has 0 radical (unpaired) electrons. The maximum atomic E-state index is 12.9. The Bertz CT molecular complexity index is 887. The molecule has 0 amide bonds. The van der Waals surface area contributed by atoms with E-state index < -0.39 is 0 Å². The summed E-state index contributed by atoms with van der Waals surface area (Å²) in [4.78, 5) is 0. The molecule has 0 unspecified atom stereocenters. The Morgan fingerprint density at radius 3 is 2.39 bits per heavy atom. The topological polar surface area (TPSA) is 21.3 Å². The molecule has 3 aromatic carbocycles. The summed E-state index contributed by atoms with van der Waals surface area (Å²) in [5, 5.41) is 4.73. The number of nitrogens with one attached hydrogen (secondary N) is 1. The summed E-state index contributed by atoms with van der Waals surface area (Å²) < 4.78 is 18.9. The van der Waals surface area contributed by atoms with Crippen LogP contribution in [0.3, 0.4) is 0 Å². The van der Waals surface area contributed by atoms with Crippen molar-refractivity contribution >= 4 is 35.6 Å². The third kappa shape index (κ3) is 6.68. The van der Waals surface area contributed by atoms with Crippen LogP contribution in [-0.2, 0) is 19.6 Å². The van der Waals surface area contributed by atoms with Crippen LogP contribution >= 0.6 is 35.6 Å². The fourth-order valence-corrected chi connectivity index (χ4v) is 3.09. The zero-order valence-corrected chi connectivity index (χ0v) is 17.5. The van der Waals surface area contributed by atoms with Gasteiger partial charge in [0, 0.05) is 27.7 Å². The molecule has 0 aliphatic carbocycles. The van der Waals surface area contributed by atoms with Crippen molar-refractivity contribution in [3.8, 4) is 5.75 Å². The molecular weight excluding hydrogens is 420 g/mol. The summed E-state index contributed by atoms with van der Waals surface area (Å²) in [6, 6.07) is 19.8. The Morgan fingerprint density at radius 1 is 0.893 bits per heavy atom. The van der Waals surface area contributed by atoms with Crippen molar-refractivity contribution in [3.05, 3.63) is 99.3 Å². The van der Waals surface area contributed by atoms with Crippen molar-refractivity contribution in [1.29, 1.82) is 0 Å². The van der Waals surface area contributed by atoms with Gasteiger partial charge in [-0.05, 0) is 54.9 Å². The van der Waals surface area contributed by atoms with E-state index in [-0.39, 0.29) is 18.2 Å². The van der Waals surface area contributed by atoms with E-state index in [1.807, 2.05) is 42.5 Å². The van der Waals surface area contributed by atoms with E-state index >= 15 is 0 Å². The summed E-state index contributed by atoms with van der Waals surface area (Å²) in [6.45, 7) is 1.78. The standard InChI is InChI=1S/C22H20Cl2FNO.ClH/c23-19-7-10-22(27-15-17-3-1-2-4-21(17)24)18(13-19)14-26-12-11-16-5-8-20(25)9-6-16;/h1-10,13,26H,11-12,14-15H2;1H. The molecule has 0 aliphatic rings. The van der Waals surface area contributed by atoms with Crippen LogP contribution in [0.15, 0.2) is 66.7 Å². The van der Waals surface area contributed by atoms with E-state index in [9.17, 15) is 4.39 Å². The largest absolute Gasteiger partial charge is 0.489 e. The van der Waals surface area contributed by atoms with Crippen LogP contribution in [0.4, 0.5) is 4.39 Å². The molecule has 0 fully saturated rings. The Labute approximate surface area is 181 Å². The molecule has 6 heteroatoms. The molecule has 3 aromatic rings. The number of hydrogen-bond acceptors (Lipinski definition) is 2. The van der Waals surface area contributed by atoms with Gasteiger partial charge in [-0.3, -0.25) is 0 Å². The zero-order chi connectivity index (χ0) is 19.1. The van der Waals surface area contributed by atoms with Gasteiger partial charge in [0.2, 0.25) is 0 Å². The summed E-state index contributed by atoms with van der Waals surface area (Å²) in [7, 11) is 0. The van der Waals surface area contributed by atoms with Crippen LogP contribution in [0.2, 0.25) is 10.0 Å². The molecule has 0 atom stereocenters. The molecule has 0 heterocycles. The molecule has 2 nitrogen and oxygen atoms in total. The molecule has 0 spiro atoms. The van der Waals surface area contributed by atoms with Crippen LogP contribution in [-0.4, -0.2) is 6.54 Å². The summed E-state index contributed by atoms with van der Waals surface area (Å²) >= 11 is 12.3. The van der Waals surface area contributed by atoms with E-state index in [2.05, 4.69) is 5.32 Å². The molecule has 0 bridgehead atoms. The zero-order valence-electron chi connectivity index (χ0n) is 15.1. The van der Waals surface area contributed by atoms with Gasteiger partial charge in [-0.2, -0.15) is 0 Å². The predicted octanol–water partition coefficient (Wildman–Crippen LogP) is 6.47. The monoisotopic (exact) mass is 439 g/mol. The Balaban J connectivity index is 0.00000280. The van der Waals surface area contributed by atoms with Gasteiger partial charge < -0.3 is 10.1 Å². The first kappa shape index (κ1) is 22.5. The fourth-order valence-electron chi connectivity index (χ4n) is 2.70. The van der Waals surface area contributed by atoms with Gasteiger partial charge in [-0.25, -0.2) is 4.39 Å². The summed E-state index contributed by atoms with van der Waals surface area (Å²) in [5.74, 6) is 0.555. The number of halogens is 4. The molecule has 1 N–H and O–H groups in total. The first-order valence-corrected chi connectivity index (χ1v) is 9.47. The lowest BCUT2D eigenvalue weighted by Gasteiger charge is -2.13. The minimum atomic E-state index is -0.217. The van der Waals surface area contributed by atoms with Crippen molar-refractivity contribution < 1.29 is 9.13 Å². The third-order valence-corrected chi connectivity index (χ3v) is 4.79. The van der Waals surface area contributed by atoms with E-state index in [4.69, 9.17) is 27.9 Å². The second-order valence-corrected chi connectivity index (χ2v) is 7.03. The SMILES string of the molecule is Cl.Fc1ccc(CCNCc2cc(Cl)ccc2OCc2ccccc2Cl)cc1. The normalized spacial score (nSPS) is 10.4. The minimum Gasteiger partial charge on any atom is -0.489 e. The van der Waals surface area contributed by atoms with Gasteiger partial charge in [-0.15, -0.1) is 12.4 Å². The van der Waals surface area contributed by atoms with Crippen LogP contribution in [0.1, 0.15) is 16.7 Å². The van der Waals surface area contributed by atoms with Gasteiger partial charge in [0.15, 0.2) is 0 Å². The van der Waals surface area contributed by atoms with Gasteiger partial charge in [0.05, 0.1) is 0 Å². The van der Waals surface area contributed by atoms with E-state index in [1.54, 1.807) is 12.1 Å². The smallest absolute Gasteiger partial charge is 0.124 e. The van der Waals surface area contributed by atoms with Crippen LogP contribution < -0.4 is 10.1 Å². The predicted molar refractivity (Wildman–Crippen MR) is 116 cm³/mol. The summed E-state index contributed by atoms with van der Waals surface area (Å²) in [6.07, 6.45) is 0.816. The van der Waals surface area contributed by atoms with Crippen molar-refractivity contribution in [2.75, 3.05) is 6.54 Å². The van der Waals surface area contributed by atoms with Crippen molar-refractivity contribution in [2.24, 2.45) is 0 Å². The number of hydrogen-bond donors (Lipinski definition) is 1. The van der Waals surface area contributed by atoms with Gasteiger partial charge in [-0.1, -0.05) is 53.5 Å². The second kappa shape index (κ2) is 11.3. The van der Waals surface area contributed by atoms with Gasteiger partial charge >= 0.3 is 0 Å². The Morgan fingerprint density at radius 2 is 1.64 bits per heavy atom. The van der Waals surface area contributed by atoms with Crippen LogP contribution in [0.5, 0.6) is 5.75 Å². The molecule has 0 saturated heterocycles. The maximum Gasteiger partial charge on any atom is 0.124 e. The highest BCUT2D eigenvalue weighted by Crippen LogP contribution is 2.25. The average molecular weight is 441 g/mol. The maximum absolute atomic E-state index is 12.9. The van der Waals surface area contributed by atoms with E-state index in [0.29, 0.717) is 23.2 Å². The van der Waals surface area contributed by atoms with Gasteiger partial charge in [0.1, 0.15) is 18.2 Å². The Kier molecular flexibility index (Phi) is 9.07. The summed E-state index contributed by atoms with van der Waals surface area (Å²) in [5.41, 5.74) is 3.00. The van der Waals surface area contributed by atoms with Gasteiger partial charge in [0.25, 0.3) is 0 Å². The molecule has 3 rings (SSSR count). The van der Waals surface area contributed by atoms with Crippen molar-refractivity contribution in [1.82, 2.24) is 5.32 Å². The lowest BCUT2D eigenvalue weighted by Crippen LogP contribution is -2.17. The highest BCUT2D eigenvalue weighted by atomic mass is 35.5. The Hall–Kier alpha value is -1.78. The number of benzene rings is 3. The number of ether oxygens (including phenoxy) is 1. The van der Waals surface area contributed by atoms with E-state index in [1.165, 1.54) is 12.1 Å². The van der Waals surface area contributed by atoms with Crippen molar-refractivity contribution in [2.45, 2.75) is 19.6 Å². The van der Waals surface area contributed by atoms with Crippen LogP contribution in [0, 0.1) is 5.82 Å². The lowest BCUT2D eigenvalue weighted by molar-refractivity contribution is 0.302. The molecule has 0 aromatic heterocycles. The molecule has 28 heavy (non-hydrogen) atoms. The molecule has 0 saturated carbocycles. The fraction of sp³-hybridized carbons (Fsp3) is 0.182. The highest BCUT2D eigenvalue weighted by Gasteiger charge is 2.07. The first-order chi connectivity index (χ1) is 13.1. The first-order valence-electron chi connectivity index (χ1n) is 8.71.